The van der Waals surface area contributed by atoms with Crippen molar-refractivity contribution in [3.05, 3.63) is 32.9 Å². The van der Waals surface area contributed by atoms with Gasteiger partial charge in [0.15, 0.2) is 0 Å². The molecule has 2 rings (SSSR count). The van der Waals surface area contributed by atoms with E-state index in [0.717, 1.165) is 6.07 Å². The molecule has 1 atom stereocenters. The highest BCUT2D eigenvalue weighted by molar-refractivity contribution is 14.1. The third-order valence-electron chi connectivity index (χ3n) is 2.66. The molecule has 2 nitrogen and oxygen atoms in total. The number of carbonyl (C=O) groups is 1. The third-order valence-corrected chi connectivity index (χ3v) is 3.49. The molecule has 0 aliphatic carbocycles. The van der Waals surface area contributed by atoms with Gasteiger partial charge < -0.3 is 4.90 Å². The third kappa shape index (κ3) is 2.56. The molecule has 0 N–H and O–H groups in total. The van der Waals surface area contributed by atoms with Gasteiger partial charge in [0.25, 0.3) is 5.91 Å². The number of rotatable bonds is 1. The van der Waals surface area contributed by atoms with Crippen LogP contribution in [0.5, 0.6) is 0 Å². The number of likely N-dealkylation sites (tertiary alicyclic amines) is 1. The Morgan fingerprint density at radius 2 is 2.06 bits per heavy atom. The van der Waals surface area contributed by atoms with E-state index in [-0.39, 0.29) is 28.6 Å². The molecule has 0 radical (unpaired) electrons. The summed E-state index contributed by atoms with van der Waals surface area (Å²) in [5, 5.41) is 0. The summed E-state index contributed by atoms with van der Waals surface area (Å²) in [5.74, 6) is -2.19. The molecule has 92 valence electrons. The summed E-state index contributed by atoms with van der Waals surface area (Å²) >= 11 is 1.68. The zero-order chi connectivity index (χ0) is 12.6. The number of alkyl halides is 1. The number of carbonyl (C=O) groups excluding carboxylic acids is 1. The van der Waals surface area contributed by atoms with Gasteiger partial charge in [-0.25, -0.2) is 13.2 Å². The summed E-state index contributed by atoms with van der Waals surface area (Å²) in [6, 6.07) is 1.83. The lowest BCUT2D eigenvalue weighted by Crippen LogP contribution is -2.29. The summed E-state index contributed by atoms with van der Waals surface area (Å²) in [5.41, 5.74) is -0.204. The predicted octanol–water partition coefficient (Wildman–Crippen LogP) is 2.75. The van der Waals surface area contributed by atoms with Crippen LogP contribution in [0.3, 0.4) is 0 Å². The van der Waals surface area contributed by atoms with Crippen LogP contribution in [0.1, 0.15) is 16.8 Å². The average molecular weight is 355 g/mol. The van der Waals surface area contributed by atoms with Crippen molar-refractivity contribution in [2.24, 2.45) is 0 Å². The van der Waals surface area contributed by atoms with E-state index in [1.165, 1.54) is 4.90 Å². The lowest BCUT2D eigenvalue weighted by Gasteiger charge is -2.15. The van der Waals surface area contributed by atoms with Gasteiger partial charge in [0.1, 0.15) is 17.8 Å². The van der Waals surface area contributed by atoms with Crippen LogP contribution in [-0.4, -0.2) is 30.1 Å². The van der Waals surface area contributed by atoms with Crippen LogP contribution in [0, 0.1) is 15.2 Å². The highest BCUT2D eigenvalue weighted by Crippen LogP contribution is 2.21. The first-order valence-corrected chi connectivity index (χ1v) is 6.15. The van der Waals surface area contributed by atoms with Gasteiger partial charge in [-0.3, -0.25) is 4.79 Å². The molecule has 1 aromatic rings. The Balaban J connectivity index is 2.28. The summed E-state index contributed by atoms with van der Waals surface area (Å²) in [7, 11) is 0. The molecule has 1 unspecified atom stereocenters. The van der Waals surface area contributed by atoms with Gasteiger partial charge in [-0.1, -0.05) is 0 Å². The van der Waals surface area contributed by atoms with E-state index in [4.69, 9.17) is 0 Å². The van der Waals surface area contributed by atoms with Gasteiger partial charge >= 0.3 is 0 Å². The fourth-order valence-corrected chi connectivity index (χ4v) is 2.23. The fourth-order valence-electron chi connectivity index (χ4n) is 1.76. The van der Waals surface area contributed by atoms with Crippen molar-refractivity contribution in [1.82, 2.24) is 4.90 Å². The molecule has 1 amide bonds. The van der Waals surface area contributed by atoms with Crippen LogP contribution in [-0.2, 0) is 0 Å². The highest BCUT2D eigenvalue weighted by Gasteiger charge is 2.28. The van der Waals surface area contributed by atoms with Gasteiger partial charge in [-0.2, -0.15) is 0 Å². The second-order valence-corrected chi connectivity index (χ2v) is 5.05. The first-order valence-electron chi connectivity index (χ1n) is 5.07. The molecule has 1 aliphatic rings. The van der Waals surface area contributed by atoms with Crippen molar-refractivity contribution in [2.45, 2.75) is 12.6 Å². The van der Waals surface area contributed by atoms with Crippen LogP contribution in [0.2, 0.25) is 0 Å². The number of nitrogens with zero attached hydrogens (tertiary/aromatic N) is 1. The van der Waals surface area contributed by atoms with E-state index in [9.17, 15) is 18.0 Å². The molecule has 0 spiro atoms. The molecule has 1 aromatic carbocycles. The molecule has 0 saturated carbocycles. The molecule has 0 aromatic heterocycles. The first kappa shape index (κ1) is 12.7. The largest absolute Gasteiger partial charge is 0.336 e. The molecular formula is C11H9F3INO. The van der Waals surface area contributed by atoms with E-state index < -0.39 is 23.7 Å². The highest BCUT2D eigenvalue weighted by atomic mass is 127. The Labute approximate surface area is 110 Å². The standard InChI is InChI=1S/C11H9F3INO/c12-6-1-2-16(5-6)11(17)7-3-10(15)9(14)4-8(7)13/h3-4,6H,1-2,5H2. The van der Waals surface area contributed by atoms with Crippen molar-refractivity contribution in [3.63, 3.8) is 0 Å². The lowest BCUT2D eigenvalue weighted by atomic mass is 10.2. The van der Waals surface area contributed by atoms with E-state index >= 15 is 0 Å². The van der Waals surface area contributed by atoms with E-state index in [1.807, 2.05) is 0 Å². The maximum atomic E-state index is 13.4. The lowest BCUT2D eigenvalue weighted by molar-refractivity contribution is 0.0778. The van der Waals surface area contributed by atoms with Crippen molar-refractivity contribution < 1.29 is 18.0 Å². The summed E-state index contributed by atoms with van der Waals surface area (Å²) in [6.45, 7) is 0.250. The smallest absolute Gasteiger partial charge is 0.256 e. The second kappa shape index (κ2) is 4.83. The van der Waals surface area contributed by atoms with Crippen molar-refractivity contribution in [1.29, 1.82) is 0 Å². The molecule has 0 bridgehead atoms. The summed E-state index contributed by atoms with van der Waals surface area (Å²) in [4.78, 5) is 13.1. The zero-order valence-corrected chi connectivity index (χ0v) is 10.9. The zero-order valence-electron chi connectivity index (χ0n) is 8.72. The average Bonchev–Trinajstić information content (AvgIpc) is 2.69. The van der Waals surface area contributed by atoms with Crippen molar-refractivity contribution >= 4 is 28.5 Å². The van der Waals surface area contributed by atoms with E-state index in [2.05, 4.69) is 0 Å². The topological polar surface area (TPSA) is 20.3 Å². The fraction of sp³-hybridized carbons (Fsp3) is 0.364. The molecule has 1 fully saturated rings. The minimum absolute atomic E-state index is 0.0216. The maximum absolute atomic E-state index is 13.4. The van der Waals surface area contributed by atoms with Crippen molar-refractivity contribution in [2.75, 3.05) is 13.1 Å². The number of hydrogen-bond acceptors (Lipinski definition) is 1. The van der Waals surface area contributed by atoms with Crippen LogP contribution >= 0.6 is 22.6 Å². The van der Waals surface area contributed by atoms with Gasteiger partial charge in [-0.15, -0.1) is 0 Å². The van der Waals surface area contributed by atoms with Crippen LogP contribution in [0.15, 0.2) is 12.1 Å². The maximum Gasteiger partial charge on any atom is 0.256 e. The molecule has 6 heteroatoms. The van der Waals surface area contributed by atoms with E-state index in [0.29, 0.717) is 6.07 Å². The van der Waals surface area contributed by atoms with Crippen LogP contribution < -0.4 is 0 Å². The molecule has 17 heavy (non-hydrogen) atoms. The Kier molecular flexibility index (Phi) is 3.60. The number of hydrogen-bond donors (Lipinski definition) is 0. The van der Waals surface area contributed by atoms with Gasteiger partial charge in [0, 0.05) is 16.2 Å². The minimum Gasteiger partial charge on any atom is -0.336 e. The first-order chi connectivity index (χ1) is 7.99. The molecule has 1 saturated heterocycles. The van der Waals surface area contributed by atoms with Crippen molar-refractivity contribution in [3.8, 4) is 0 Å². The quantitative estimate of drug-likeness (QED) is 0.561. The SMILES string of the molecule is O=C(c1cc(I)c(F)cc1F)N1CCC(F)C1. The number of benzene rings is 1. The number of halogens is 4. The second-order valence-electron chi connectivity index (χ2n) is 3.88. The Hall–Kier alpha value is -0.790. The van der Waals surface area contributed by atoms with Crippen LogP contribution in [0.25, 0.3) is 0 Å². The monoisotopic (exact) mass is 355 g/mol. The molecule has 1 heterocycles. The van der Waals surface area contributed by atoms with Crippen LogP contribution in [0.4, 0.5) is 13.2 Å². The summed E-state index contributed by atoms with van der Waals surface area (Å²) in [6.07, 6.45) is -0.785. The Morgan fingerprint density at radius 3 is 2.65 bits per heavy atom. The normalized spacial score (nSPS) is 19.8. The Bertz CT molecular complexity index is 466. The molecule has 1 aliphatic heterocycles. The predicted molar refractivity (Wildman–Crippen MR) is 64.5 cm³/mol. The number of amides is 1. The van der Waals surface area contributed by atoms with Gasteiger partial charge in [-0.05, 0) is 35.1 Å². The summed E-state index contributed by atoms with van der Waals surface area (Å²) < 4.78 is 39.6. The minimum atomic E-state index is -1.05. The Morgan fingerprint density at radius 1 is 1.35 bits per heavy atom. The molecular weight excluding hydrogens is 346 g/mol. The van der Waals surface area contributed by atoms with Gasteiger partial charge in [0.2, 0.25) is 0 Å². The van der Waals surface area contributed by atoms with Gasteiger partial charge in [0.05, 0.1) is 12.1 Å². The van der Waals surface area contributed by atoms with E-state index in [1.54, 1.807) is 22.6 Å².